The van der Waals surface area contributed by atoms with Crippen molar-refractivity contribution in [2.24, 2.45) is 5.41 Å². The molecule has 2 nitrogen and oxygen atoms in total. The van der Waals surface area contributed by atoms with Crippen LogP contribution in [0.5, 0.6) is 5.75 Å². The second kappa shape index (κ2) is 8.12. The molecule has 3 heteroatoms. The molecule has 1 rings (SSSR count). The van der Waals surface area contributed by atoms with Crippen molar-refractivity contribution in [3.8, 4) is 11.8 Å². The highest BCUT2D eigenvalue weighted by Gasteiger charge is 2.27. The maximum atomic E-state index is 8.89. The van der Waals surface area contributed by atoms with Crippen LogP contribution in [0.3, 0.4) is 0 Å². The van der Waals surface area contributed by atoms with Gasteiger partial charge in [0.05, 0.1) is 18.2 Å². The van der Waals surface area contributed by atoms with Crippen LogP contribution in [0, 0.1) is 16.7 Å². The van der Waals surface area contributed by atoms with Gasteiger partial charge in [-0.1, -0.05) is 32.8 Å². The second-order valence-corrected chi connectivity index (χ2v) is 5.40. The van der Waals surface area contributed by atoms with Gasteiger partial charge in [0.15, 0.2) is 0 Å². The molecule has 0 aromatic heterocycles. The number of nitriles is 1. The Balaban J connectivity index is 2.72. The van der Waals surface area contributed by atoms with E-state index in [1.165, 1.54) is 0 Å². The summed E-state index contributed by atoms with van der Waals surface area (Å²) in [6.45, 7) is 5.07. The Kier molecular flexibility index (Phi) is 6.80. The lowest BCUT2D eigenvalue weighted by molar-refractivity contribution is 0.143. The molecule has 1 aromatic rings. The highest BCUT2D eigenvalue weighted by molar-refractivity contribution is 7.80. The molecule has 0 aliphatic carbocycles. The van der Waals surface area contributed by atoms with Crippen molar-refractivity contribution in [1.29, 1.82) is 5.26 Å². The van der Waals surface area contributed by atoms with Crippen molar-refractivity contribution >= 4 is 12.6 Å². The van der Waals surface area contributed by atoms with E-state index in [1.807, 2.05) is 12.1 Å². The first kappa shape index (κ1) is 15.9. The Morgan fingerprint density at radius 3 is 2.47 bits per heavy atom. The molecule has 0 saturated heterocycles. The highest BCUT2D eigenvalue weighted by atomic mass is 32.1. The zero-order valence-corrected chi connectivity index (χ0v) is 12.7. The second-order valence-electron chi connectivity index (χ2n) is 5.09. The number of thiol groups is 1. The van der Waals surface area contributed by atoms with Gasteiger partial charge in [-0.15, -0.1) is 0 Å². The van der Waals surface area contributed by atoms with Gasteiger partial charge in [-0.05, 0) is 36.8 Å². The smallest absolute Gasteiger partial charge is 0.120 e. The minimum Gasteiger partial charge on any atom is -0.493 e. The summed E-state index contributed by atoms with van der Waals surface area (Å²) in [5.74, 6) is 1.62. The molecule has 0 saturated carbocycles. The quantitative estimate of drug-likeness (QED) is 0.712. The maximum absolute atomic E-state index is 8.89. The average Bonchev–Trinajstić information content (AvgIpc) is 2.45. The molecule has 0 atom stereocenters. The minimum atomic E-state index is 0.148. The molecule has 0 radical (unpaired) electrons. The summed E-state index contributed by atoms with van der Waals surface area (Å²) in [7, 11) is 0. The number of hydrogen-bond acceptors (Lipinski definition) is 3. The van der Waals surface area contributed by atoms with Crippen LogP contribution in [0.4, 0.5) is 0 Å². The zero-order chi connectivity index (χ0) is 14.1. The summed E-state index contributed by atoms with van der Waals surface area (Å²) >= 11 is 4.52. The van der Waals surface area contributed by atoms with Crippen LogP contribution in [0.2, 0.25) is 0 Å². The van der Waals surface area contributed by atoms with Gasteiger partial charge < -0.3 is 4.74 Å². The fraction of sp³-hybridized carbons (Fsp3) is 0.562. The lowest BCUT2D eigenvalue weighted by atomic mass is 9.82. The highest BCUT2D eigenvalue weighted by Crippen LogP contribution is 2.32. The van der Waals surface area contributed by atoms with Gasteiger partial charge in [0, 0.05) is 5.41 Å². The van der Waals surface area contributed by atoms with E-state index in [2.05, 4.69) is 32.5 Å². The Labute approximate surface area is 122 Å². The van der Waals surface area contributed by atoms with Crippen molar-refractivity contribution in [2.45, 2.75) is 39.5 Å². The van der Waals surface area contributed by atoms with Crippen LogP contribution in [0.15, 0.2) is 24.3 Å². The van der Waals surface area contributed by atoms with Crippen LogP contribution in [-0.2, 0) is 0 Å². The minimum absolute atomic E-state index is 0.148. The molecule has 1 aromatic carbocycles. The monoisotopic (exact) mass is 277 g/mol. The third-order valence-corrected chi connectivity index (χ3v) is 4.08. The summed E-state index contributed by atoms with van der Waals surface area (Å²) in [5, 5.41) is 8.89. The van der Waals surface area contributed by atoms with E-state index in [0.717, 1.165) is 37.2 Å². The molecule has 0 amide bonds. The fourth-order valence-corrected chi connectivity index (χ4v) is 2.83. The molecule has 0 aliphatic heterocycles. The summed E-state index contributed by atoms with van der Waals surface area (Å²) < 4.78 is 5.91. The number of hydrogen-bond donors (Lipinski definition) is 1. The molecule has 0 unspecified atom stereocenters. The third-order valence-electron chi connectivity index (χ3n) is 3.40. The zero-order valence-electron chi connectivity index (χ0n) is 11.9. The van der Waals surface area contributed by atoms with Crippen LogP contribution in [0.1, 0.15) is 45.1 Å². The lowest BCUT2D eigenvalue weighted by Gasteiger charge is -2.31. The molecule has 0 heterocycles. The number of ether oxygens (including phenoxy) is 1. The molecule has 19 heavy (non-hydrogen) atoms. The average molecular weight is 277 g/mol. The first-order chi connectivity index (χ1) is 9.19. The summed E-state index contributed by atoms with van der Waals surface area (Å²) in [6.07, 6.45) is 4.54. The van der Waals surface area contributed by atoms with Crippen LogP contribution in [-0.4, -0.2) is 12.4 Å². The number of benzene rings is 1. The van der Waals surface area contributed by atoms with Crippen molar-refractivity contribution in [2.75, 3.05) is 12.4 Å². The van der Waals surface area contributed by atoms with Gasteiger partial charge in [0.1, 0.15) is 5.75 Å². The predicted molar refractivity (Wildman–Crippen MR) is 82.8 cm³/mol. The molecule has 0 fully saturated rings. The van der Waals surface area contributed by atoms with Gasteiger partial charge in [-0.2, -0.15) is 17.9 Å². The SMILES string of the molecule is CCCC(CS)(CCC)COc1cccc(C#N)c1. The molecule has 104 valence electrons. The molecule has 0 bridgehead atoms. The summed E-state index contributed by atoms with van der Waals surface area (Å²) in [4.78, 5) is 0. The van der Waals surface area contributed by atoms with Crippen LogP contribution in [0.25, 0.3) is 0 Å². The van der Waals surface area contributed by atoms with E-state index in [9.17, 15) is 0 Å². The van der Waals surface area contributed by atoms with Gasteiger partial charge in [0.2, 0.25) is 0 Å². The van der Waals surface area contributed by atoms with Crippen LogP contribution < -0.4 is 4.74 Å². The normalized spacial score (nSPS) is 11.1. The first-order valence-electron chi connectivity index (χ1n) is 6.93. The maximum Gasteiger partial charge on any atom is 0.120 e. The predicted octanol–water partition coefficient (Wildman–Crippen LogP) is 4.45. The van der Waals surface area contributed by atoms with Gasteiger partial charge in [-0.3, -0.25) is 0 Å². The summed E-state index contributed by atoms with van der Waals surface area (Å²) in [5.41, 5.74) is 0.787. The van der Waals surface area contributed by atoms with Crippen LogP contribution >= 0.6 is 12.6 Å². The topological polar surface area (TPSA) is 33.0 Å². The first-order valence-corrected chi connectivity index (χ1v) is 7.56. The van der Waals surface area contributed by atoms with E-state index in [-0.39, 0.29) is 5.41 Å². The van der Waals surface area contributed by atoms with E-state index in [4.69, 9.17) is 10.00 Å². The number of rotatable bonds is 8. The van der Waals surface area contributed by atoms with Crippen molar-refractivity contribution < 1.29 is 4.74 Å². The summed E-state index contributed by atoms with van der Waals surface area (Å²) in [6, 6.07) is 9.48. The Hall–Kier alpha value is -1.14. The fourth-order valence-electron chi connectivity index (χ4n) is 2.43. The lowest BCUT2D eigenvalue weighted by Crippen LogP contribution is -2.30. The van der Waals surface area contributed by atoms with Gasteiger partial charge >= 0.3 is 0 Å². The molecule has 0 spiro atoms. The molecule has 0 N–H and O–H groups in total. The Morgan fingerprint density at radius 1 is 1.26 bits per heavy atom. The Bertz CT molecular complexity index is 419. The third kappa shape index (κ3) is 4.80. The van der Waals surface area contributed by atoms with E-state index >= 15 is 0 Å². The van der Waals surface area contributed by atoms with E-state index < -0.39 is 0 Å². The Morgan fingerprint density at radius 2 is 1.95 bits per heavy atom. The van der Waals surface area contributed by atoms with E-state index in [1.54, 1.807) is 12.1 Å². The van der Waals surface area contributed by atoms with Crippen molar-refractivity contribution in [1.82, 2.24) is 0 Å². The van der Waals surface area contributed by atoms with Crippen molar-refractivity contribution in [3.05, 3.63) is 29.8 Å². The van der Waals surface area contributed by atoms with Gasteiger partial charge in [-0.25, -0.2) is 0 Å². The van der Waals surface area contributed by atoms with E-state index in [0.29, 0.717) is 12.2 Å². The molecular weight excluding hydrogens is 254 g/mol. The standard InChI is InChI=1S/C16H23NOS/c1-3-8-16(13-19,9-4-2)12-18-15-7-5-6-14(10-15)11-17/h5-7,10,19H,3-4,8-9,12-13H2,1-2H3. The number of nitrogens with zero attached hydrogens (tertiary/aromatic N) is 1. The largest absolute Gasteiger partial charge is 0.493 e. The van der Waals surface area contributed by atoms with Gasteiger partial charge in [0.25, 0.3) is 0 Å². The molecule has 0 aliphatic rings. The van der Waals surface area contributed by atoms with Crippen molar-refractivity contribution in [3.63, 3.8) is 0 Å². The molecular formula is C16H23NOS.